The van der Waals surface area contributed by atoms with Gasteiger partial charge in [-0.3, -0.25) is 5.41 Å². The molecule has 1 aromatic carbocycles. The molecule has 2 unspecified atom stereocenters. The van der Waals surface area contributed by atoms with Crippen LogP contribution >= 0.6 is 0 Å². The molecule has 5 heteroatoms. The van der Waals surface area contributed by atoms with Crippen molar-refractivity contribution in [1.29, 1.82) is 5.41 Å². The van der Waals surface area contributed by atoms with Crippen molar-refractivity contribution in [1.82, 2.24) is 0 Å². The molecule has 2 rings (SSSR count). The van der Waals surface area contributed by atoms with Gasteiger partial charge in [0.2, 0.25) is 0 Å². The lowest BCUT2D eigenvalue weighted by Crippen LogP contribution is -2.27. The fraction of sp³-hybridized carbons (Fsp3) is 0.500. The normalized spacial score (nSPS) is 22.8. The standard InChI is InChI=1S/C14H21N3O2/c1-9-6-10(4-5-11(9)14(15)16)17-7-12(18-2)13(8-17)19-3/h4-6,12-13H,7-8H2,1-3H3,(H3,15,16). The molecule has 1 aliphatic rings. The van der Waals surface area contributed by atoms with Crippen molar-refractivity contribution in [2.24, 2.45) is 5.73 Å². The summed E-state index contributed by atoms with van der Waals surface area (Å²) >= 11 is 0. The van der Waals surface area contributed by atoms with Gasteiger partial charge >= 0.3 is 0 Å². The van der Waals surface area contributed by atoms with Gasteiger partial charge in [0.1, 0.15) is 18.0 Å². The summed E-state index contributed by atoms with van der Waals surface area (Å²) in [4.78, 5) is 2.24. The zero-order valence-corrected chi connectivity index (χ0v) is 11.6. The zero-order valence-electron chi connectivity index (χ0n) is 11.6. The van der Waals surface area contributed by atoms with Crippen LogP contribution in [0.4, 0.5) is 5.69 Å². The van der Waals surface area contributed by atoms with Gasteiger partial charge in [0.05, 0.1) is 0 Å². The third-order valence-electron chi connectivity index (χ3n) is 3.69. The van der Waals surface area contributed by atoms with Gasteiger partial charge in [-0.2, -0.15) is 0 Å². The summed E-state index contributed by atoms with van der Waals surface area (Å²) in [6.45, 7) is 3.60. The molecule has 1 saturated heterocycles. The Morgan fingerprint density at radius 1 is 1.26 bits per heavy atom. The minimum atomic E-state index is 0.0952. The molecule has 0 radical (unpaired) electrons. The van der Waals surface area contributed by atoms with E-state index in [9.17, 15) is 0 Å². The third kappa shape index (κ3) is 2.72. The molecule has 0 bridgehead atoms. The highest BCUT2D eigenvalue weighted by atomic mass is 16.5. The highest BCUT2D eigenvalue weighted by Crippen LogP contribution is 2.25. The maximum absolute atomic E-state index is 7.50. The molecule has 5 nitrogen and oxygen atoms in total. The summed E-state index contributed by atoms with van der Waals surface area (Å²) in [5.41, 5.74) is 8.45. The van der Waals surface area contributed by atoms with Gasteiger partial charge in [-0.25, -0.2) is 0 Å². The third-order valence-corrected chi connectivity index (χ3v) is 3.69. The molecule has 1 heterocycles. The Hall–Kier alpha value is -1.59. The number of ether oxygens (including phenoxy) is 2. The summed E-state index contributed by atoms with van der Waals surface area (Å²) in [7, 11) is 3.43. The second-order valence-electron chi connectivity index (χ2n) is 4.87. The zero-order chi connectivity index (χ0) is 14.0. The van der Waals surface area contributed by atoms with Crippen molar-refractivity contribution >= 4 is 11.5 Å². The Morgan fingerprint density at radius 2 is 1.84 bits per heavy atom. The van der Waals surface area contributed by atoms with E-state index in [0.29, 0.717) is 0 Å². The number of benzene rings is 1. The van der Waals surface area contributed by atoms with Crippen LogP contribution in [0.15, 0.2) is 18.2 Å². The number of hydrogen-bond donors (Lipinski definition) is 2. The van der Waals surface area contributed by atoms with E-state index in [1.165, 1.54) is 0 Å². The van der Waals surface area contributed by atoms with Crippen molar-refractivity contribution in [2.45, 2.75) is 19.1 Å². The molecule has 0 spiro atoms. The van der Waals surface area contributed by atoms with Crippen LogP contribution in [0.5, 0.6) is 0 Å². The highest BCUT2D eigenvalue weighted by Gasteiger charge is 2.33. The van der Waals surface area contributed by atoms with Crippen molar-refractivity contribution in [3.05, 3.63) is 29.3 Å². The summed E-state index contributed by atoms with van der Waals surface area (Å²) in [6.07, 6.45) is 0.190. The number of amidine groups is 1. The first-order valence-corrected chi connectivity index (χ1v) is 6.32. The molecular formula is C14H21N3O2. The Labute approximate surface area is 113 Å². The lowest BCUT2D eigenvalue weighted by molar-refractivity contribution is -0.00461. The molecule has 0 saturated carbocycles. The lowest BCUT2D eigenvalue weighted by Gasteiger charge is -2.19. The van der Waals surface area contributed by atoms with E-state index in [1.807, 2.05) is 19.1 Å². The molecule has 0 aromatic heterocycles. The van der Waals surface area contributed by atoms with Crippen LogP contribution in [0.2, 0.25) is 0 Å². The number of aryl methyl sites for hydroxylation is 1. The topological polar surface area (TPSA) is 71.6 Å². The van der Waals surface area contributed by atoms with Crippen LogP contribution in [0.1, 0.15) is 11.1 Å². The largest absolute Gasteiger partial charge is 0.384 e. The smallest absolute Gasteiger partial charge is 0.123 e. The van der Waals surface area contributed by atoms with E-state index in [-0.39, 0.29) is 18.0 Å². The summed E-state index contributed by atoms with van der Waals surface area (Å²) in [6, 6.07) is 5.95. The van der Waals surface area contributed by atoms with Gasteiger partial charge in [0.15, 0.2) is 0 Å². The molecule has 0 aliphatic carbocycles. The van der Waals surface area contributed by atoms with Crippen LogP contribution in [-0.4, -0.2) is 45.4 Å². The number of anilines is 1. The van der Waals surface area contributed by atoms with Crippen LogP contribution in [0, 0.1) is 12.3 Å². The number of rotatable bonds is 4. The first-order chi connectivity index (χ1) is 9.06. The van der Waals surface area contributed by atoms with E-state index in [0.717, 1.165) is 29.9 Å². The molecule has 1 aliphatic heterocycles. The van der Waals surface area contributed by atoms with Gasteiger partial charge in [-0.05, 0) is 30.7 Å². The van der Waals surface area contributed by atoms with Gasteiger partial charge in [-0.1, -0.05) is 0 Å². The Bertz CT molecular complexity index is 464. The van der Waals surface area contributed by atoms with Crippen LogP contribution < -0.4 is 10.6 Å². The predicted octanol–water partition coefficient (Wildman–Crippen LogP) is 1.13. The van der Waals surface area contributed by atoms with Crippen LogP contribution in [0.25, 0.3) is 0 Å². The molecule has 2 atom stereocenters. The van der Waals surface area contributed by atoms with Crippen LogP contribution in [-0.2, 0) is 9.47 Å². The van der Waals surface area contributed by atoms with Gasteiger partial charge in [0.25, 0.3) is 0 Å². The number of nitrogens with one attached hydrogen (secondary N) is 1. The number of nitrogens with zero attached hydrogens (tertiary/aromatic N) is 1. The van der Waals surface area contributed by atoms with E-state index in [4.69, 9.17) is 20.6 Å². The first kappa shape index (κ1) is 13.8. The van der Waals surface area contributed by atoms with Crippen LogP contribution in [0.3, 0.4) is 0 Å². The minimum absolute atomic E-state index is 0.0952. The predicted molar refractivity (Wildman–Crippen MR) is 76.0 cm³/mol. The van der Waals surface area contributed by atoms with Crippen molar-refractivity contribution < 1.29 is 9.47 Å². The average Bonchev–Trinajstić information content (AvgIpc) is 2.81. The SMILES string of the molecule is COC1CN(c2ccc(C(=N)N)c(C)c2)CC1OC. The minimum Gasteiger partial charge on any atom is -0.384 e. The molecule has 1 fully saturated rings. The van der Waals surface area contributed by atoms with E-state index in [1.54, 1.807) is 14.2 Å². The van der Waals surface area contributed by atoms with E-state index < -0.39 is 0 Å². The number of nitrogens with two attached hydrogens (primary N) is 1. The molecule has 104 valence electrons. The van der Waals surface area contributed by atoms with Gasteiger partial charge in [0, 0.05) is 38.6 Å². The number of hydrogen-bond acceptors (Lipinski definition) is 4. The Balaban J connectivity index is 2.20. The quantitative estimate of drug-likeness (QED) is 0.631. The average molecular weight is 263 g/mol. The number of nitrogen functional groups attached to an aromatic ring is 1. The number of methoxy groups -OCH3 is 2. The molecule has 0 amide bonds. The maximum Gasteiger partial charge on any atom is 0.123 e. The second-order valence-corrected chi connectivity index (χ2v) is 4.87. The van der Waals surface area contributed by atoms with E-state index in [2.05, 4.69) is 11.0 Å². The molecule has 19 heavy (non-hydrogen) atoms. The second kappa shape index (κ2) is 5.59. The van der Waals surface area contributed by atoms with Gasteiger partial charge in [-0.15, -0.1) is 0 Å². The lowest BCUT2D eigenvalue weighted by atomic mass is 10.1. The van der Waals surface area contributed by atoms with Crippen molar-refractivity contribution in [3.63, 3.8) is 0 Å². The fourth-order valence-corrected chi connectivity index (χ4v) is 2.55. The Kier molecular flexibility index (Phi) is 4.07. The molecule has 1 aromatic rings. The monoisotopic (exact) mass is 263 g/mol. The summed E-state index contributed by atoms with van der Waals surface area (Å²) in [5.74, 6) is 0.106. The molecular weight excluding hydrogens is 242 g/mol. The van der Waals surface area contributed by atoms with Gasteiger partial charge < -0.3 is 20.1 Å². The van der Waals surface area contributed by atoms with Crippen molar-refractivity contribution in [3.8, 4) is 0 Å². The highest BCUT2D eigenvalue weighted by molar-refractivity contribution is 5.96. The van der Waals surface area contributed by atoms with E-state index >= 15 is 0 Å². The first-order valence-electron chi connectivity index (χ1n) is 6.32. The molecule has 3 N–H and O–H groups in total. The fourth-order valence-electron chi connectivity index (χ4n) is 2.55. The summed E-state index contributed by atoms with van der Waals surface area (Å²) < 4.78 is 10.9. The van der Waals surface area contributed by atoms with Crippen molar-refractivity contribution in [2.75, 3.05) is 32.2 Å². The summed E-state index contributed by atoms with van der Waals surface area (Å²) in [5, 5.41) is 7.50. The Morgan fingerprint density at radius 3 is 2.26 bits per heavy atom. The maximum atomic E-state index is 7.50.